The normalized spacial score (nSPS) is 46.6. The Labute approximate surface area is 284 Å². The summed E-state index contributed by atoms with van der Waals surface area (Å²) in [6.07, 6.45) is 11.8. The van der Waals surface area contributed by atoms with Crippen LogP contribution in [0.5, 0.6) is 0 Å². The van der Waals surface area contributed by atoms with Gasteiger partial charge in [-0.05, 0) is 98.2 Å². The fourth-order valence-electron chi connectivity index (χ4n) is 12.3. The second kappa shape index (κ2) is 11.4. The zero-order valence-electron chi connectivity index (χ0n) is 31.2. The van der Waals surface area contributed by atoms with E-state index in [1.165, 1.54) is 5.57 Å². The van der Waals surface area contributed by atoms with Gasteiger partial charge in [0.1, 0.15) is 12.7 Å². The highest BCUT2D eigenvalue weighted by molar-refractivity contribution is 5.73. The van der Waals surface area contributed by atoms with E-state index in [1.54, 1.807) is 6.33 Å². The first-order chi connectivity index (χ1) is 21.8. The van der Waals surface area contributed by atoms with Crippen LogP contribution in [-0.4, -0.2) is 56.8 Å². The number of hydrogen-bond donors (Lipinski definition) is 2. The summed E-state index contributed by atoms with van der Waals surface area (Å²) in [6, 6.07) is -0.0119. The third-order valence-electron chi connectivity index (χ3n) is 16.2. The van der Waals surface area contributed by atoms with Crippen LogP contribution in [0.25, 0.3) is 0 Å². The number of carbonyl (C=O) groups is 1. The number of rotatable bonds is 8. The molecule has 3 saturated carbocycles. The highest BCUT2D eigenvalue weighted by atomic mass is 16.5. The van der Waals surface area contributed by atoms with Crippen LogP contribution < -0.4 is 5.73 Å². The molecule has 1 aliphatic heterocycles. The van der Waals surface area contributed by atoms with Crippen molar-refractivity contribution in [2.24, 2.45) is 68.3 Å². The van der Waals surface area contributed by atoms with Crippen molar-refractivity contribution in [1.82, 2.24) is 14.8 Å². The van der Waals surface area contributed by atoms with Crippen LogP contribution in [0.3, 0.4) is 0 Å². The number of nitrogens with two attached hydrogens (primary N) is 1. The Morgan fingerprint density at radius 1 is 1.15 bits per heavy atom. The van der Waals surface area contributed by atoms with Crippen LogP contribution in [-0.2, 0) is 14.3 Å². The lowest BCUT2D eigenvalue weighted by molar-refractivity contribution is -0.273. The Bertz CT molecular complexity index is 1370. The second-order valence-electron chi connectivity index (χ2n) is 18.7. The smallest absolute Gasteiger partial charge is 0.307 e. The maximum absolute atomic E-state index is 13.5. The van der Waals surface area contributed by atoms with Gasteiger partial charge in [-0.3, -0.25) is 4.79 Å². The first kappa shape index (κ1) is 35.1. The molecule has 0 spiro atoms. The Morgan fingerprint density at radius 2 is 1.85 bits per heavy atom. The maximum Gasteiger partial charge on any atom is 0.307 e. The first-order valence-corrected chi connectivity index (χ1v) is 18.6. The Kier molecular flexibility index (Phi) is 8.49. The summed E-state index contributed by atoms with van der Waals surface area (Å²) >= 11 is 0. The van der Waals surface area contributed by atoms with Gasteiger partial charge < -0.3 is 20.3 Å². The van der Waals surface area contributed by atoms with Gasteiger partial charge in [-0.15, -0.1) is 0 Å². The molecule has 0 unspecified atom stereocenters. The van der Waals surface area contributed by atoms with Gasteiger partial charge in [0, 0.05) is 16.4 Å². The second-order valence-corrected chi connectivity index (χ2v) is 18.7. The highest BCUT2D eigenvalue weighted by Crippen LogP contribution is 2.76. The van der Waals surface area contributed by atoms with Crippen molar-refractivity contribution in [2.75, 3.05) is 13.2 Å². The van der Waals surface area contributed by atoms with Crippen LogP contribution in [0.2, 0.25) is 0 Å². The average Bonchev–Trinajstić information content (AvgIpc) is 3.53. The molecule has 1 aromatic rings. The number of ether oxygens (including phenoxy) is 2. The summed E-state index contributed by atoms with van der Waals surface area (Å²) in [5.74, 6) is 0.710. The summed E-state index contributed by atoms with van der Waals surface area (Å²) < 4.78 is 15.9. The van der Waals surface area contributed by atoms with Gasteiger partial charge >= 0.3 is 5.97 Å². The van der Waals surface area contributed by atoms with Crippen molar-refractivity contribution in [3.63, 3.8) is 0 Å². The van der Waals surface area contributed by atoms with Crippen molar-refractivity contribution in [3.8, 4) is 0 Å². The standard InChI is InChI=1S/C39H64N4O4/c1-23(2)25(5)34(7)16-17-36(9)27-12-13-30-35(8)19-46-26(6)39(30,28(27)14-15-37(36,10)31(34)33(44)45)18-29(43-22-41-21-42-43)32(35)47-20-38(11,40)24(3)4/h14,21-27,29-32H,12-13,15-20,40H2,1-11H3,(H,44,45)/t25-,26+,27+,29-,30+,31-,32+,34-,35-,36-,37+,38+,39+/m1/s1. The van der Waals surface area contributed by atoms with Gasteiger partial charge in [-0.25, -0.2) is 9.67 Å². The quantitative estimate of drug-likeness (QED) is 0.279. The number of nitrogens with zero attached hydrogens (tertiary/aromatic N) is 3. The number of carboxylic acids is 1. The molecule has 3 N–H and O–H groups in total. The molecule has 47 heavy (non-hydrogen) atoms. The Balaban J connectivity index is 1.46. The van der Waals surface area contributed by atoms with E-state index < -0.39 is 17.4 Å². The largest absolute Gasteiger partial charge is 0.481 e. The van der Waals surface area contributed by atoms with Crippen molar-refractivity contribution in [3.05, 3.63) is 24.3 Å². The summed E-state index contributed by atoms with van der Waals surface area (Å²) in [5, 5.41) is 15.8. The molecule has 0 radical (unpaired) electrons. The zero-order chi connectivity index (χ0) is 34.5. The molecule has 5 aliphatic rings. The predicted molar refractivity (Wildman–Crippen MR) is 184 cm³/mol. The topological polar surface area (TPSA) is 112 Å². The minimum absolute atomic E-state index is 0.0119. The number of fused-ring (bicyclic) bond motifs is 3. The molecule has 264 valence electrons. The van der Waals surface area contributed by atoms with Crippen LogP contribution in [0.15, 0.2) is 24.3 Å². The van der Waals surface area contributed by atoms with Crippen LogP contribution in [0.4, 0.5) is 0 Å². The van der Waals surface area contributed by atoms with Crippen molar-refractivity contribution >= 4 is 5.97 Å². The Hall–Kier alpha value is -1.77. The van der Waals surface area contributed by atoms with Gasteiger partial charge in [-0.1, -0.05) is 74.0 Å². The molecular weight excluding hydrogens is 588 g/mol. The number of aromatic nitrogens is 3. The molecule has 1 aromatic heterocycles. The van der Waals surface area contributed by atoms with E-state index in [1.807, 2.05) is 11.0 Å². The van der Waals surface area contributed by atoms with E-state index in [-0.39, 0.29) is 51.2 Å². The summed E-state index contributed by atoms with van der Waals surface area (Å²) in [5.41, 5.74) is 6.71. The highest BCUT2D eigenvalue weighted by Gasteiger charge is 2.73. The number of carboxylic acid groups (broad SMARTS) is 1. The van der Waals surface area contributed by atoms with Crippen LogP contribution >= 0.6 is 0 Å². The zero-order valence-corrected chi connectivity index (χ0v) is 31.2. The summed E-state index contributed by atoms with van der Waals surface area (Å²) in [4.78, 5) is 17.9. The van der Waals surface area contributed by atoms with E-state index in [4.69, 9.17) is 20.3 Å². The molecule has 13 atom stereocenters. The SMILES string of the molecule is CC(C)[C@@H](C)[C@@]1(C)CC[C@]2(C)[C@H]3CC[C@H]4[C@@]5(C)CO[C@@H](C)[C@@]4(C[C@@H](n4cncn4)[C@@H]5OC[C@](C)(N)C(C)C)C3=CC[C@@]2(C)[C@@H]1C(=O)O. The fourth-order valence-corrected chi connectivity index (χ4v) is 12.3. The molecule has 4 aliphatic carbocycles. The number of aliphatic carboxylic acids is 1. The van der Waals surface area contributed by atoms with E-state index in [2.05, 4.69) is 87.2 Å². The van der Waals surface area contributed by atoms with Gasteiger partial charge in [0.05, 0.1) is 37.4 Å². The molecule has 2 heterocycles. The lowest BCUT2D eigenvalue weighted by atomic mass is 9.33. The molecule has 6 rings (SSSR count). The molecule has 8 nitrogen and oxygen atoms in total. The molecular formula is C39H64N4O4. The third-order valence-corrected chi connectivity index (χ3v) is 16.2. The van der Waals surface area contributed by atoms with Gasteiger partial charge in [0.25, 0.3) is 0 Å². The summed E-state index contributed by atoms with van der Waals surface area (Å²) in [7, 11) is 0. The van der Waals surface area contributed by atoms with E-state index in [0.717, 1.165) is 38.5 Å². The van der Waals surface area contributed by atoms with Crippen LogP contribution in [0.1, 0.15) is 121 Å². The number of allylic oxidation sites excluding steroid dienone is 1. The van der Waals surface area contributed by atoms with E-state index >= 15 is 0 Å². The van der Waals surface area contributed by atoms with Crippen molar-refractivity contribution < 1.29 is 19.4 Å². The van der Waals surface area contributed by atoms with Gasteiger partial charge in [-0.2, -0.15) is 5.10 Å². The van der Waals surface area contributed by atoms with Crippen LogP contribution in [0, 0.1) is 62.6 Å². The molecule has 0 amide bonds. The average molecular weight is 653 g/mol. The van der Waals surface area contributed by atoms with Crippen molar-refractivity contribution in [2.45, 2.75) is 138 Å². The lowest BCUT2D eigenvalue weighted by Gasteiger charge is -2.72. The van der Waals surface area contributed by atoms with E-state index in [9.17, 15) is 9.90 Å². The summed E-state index contributed by atoms with van der Waals surface area (Å²) in [6.45, 7) is 26.1. The molecule has 8 heteroatoms. The third kappa shape index (κ3) is 4.72. The Morgan fingerprint density at radius 3 is 2.45 bits per heavy atom. The van der Waals surface area contributed by atoms with E-state index in [0.29, 0.717) is 36.9 Å². The first-order valence-electron chi connectivity index (χ1n) is 18.6. The predicted octanol–water partition coefficient (Wildman–Crippen LogP) is 7.55. The molecule has 1 saturated heterocycles. The van der Waals surface area contributed by atoms with Gasteiger partial charge in [0.15, 0.2) is 0 Å². The minimum atomic E-state index is -0.615. The monoisotopic (exact) mass is 652 g/mol. The maximum atomic E-state index is 13.5. The lowest BCUT2D eigenvalue weighted by Crippen LogP contribution is -2.71. The molecule has 4 fully saturated rings. The molecule has 2 bridgehead atoms. The number of hydrogen-bond acceptors (Lipinski definition) is 6. The van der Waals surface area contributed by atoms with Crippen molar-refractivity contribution in [1.29, 1.82) is 0 Å². The minimum Gasteiger partial charge on any atom is -0.481 e. The van der Waals surface area contributed by atoms with Gasteiger partial charge in [0.2, 0.25) is 0 Å². The molecule has 0 aromatic carbocycles. The fraction of sp³-hybridized carbons (Fsp3) is 0.872.